The minimum absolute atomic E-state index is 0.00939. The molecule has 1 aromatic heterocycles. The quantitative estimate of drug-likeness (QED) is 0.352. The highest BCUT2D eigenvalue weighted by molar-refractivity contribution is 7.92. The maximum absolute atomic E-state index is 11.5. The first-order valence-corrected chi connectivity index (χ1v) is 14.6. The molecule has 1 saturated heterocycles. The molecule has 35 heavy (non-hydrogen) atoms. The van der Waals surface area contributed by atoms with E-state index in [1.807, 2.05) is 18.2 Å². The molecule has 0 bridgehead atoms. The third-order valence-electron chi connectivity index (χ3n) is 5.81. The van der Waals surface area contributed by atoms with Gasteiger partial charge in [0.25, 0.3) is 0 Å². The first-order valence-electron chi connectivity index (χ1n) is 11.8. The van der Waals surface area contributed by atoms with Crippen LogP contribution in [0.25, 0.3) is 0 Å². The van der Waals surface area contributed by atoms with Crippen LogP contribution < -0.4 is 9.46 Å². The molecule has 3 aromatic rings. The lowest BCUT2D eigenvalue weighted by atomic mass is 10.0. The third kappa shape index (κ3) is 7.93. The van der Waals surface area contributed by atoms with Crippen LogP contribution in [0.5, 0.6) is 5.75 Å². The van der Waals surface area contributed by atoms with Crippen LogP contribution in [0.15, 0.2) is 84.3 Å². The van der Waals surface area contributed by atoms with Crippen molar-refractivity contribution in [3.63, 3.8) is 0 Å². The molecule has 0 radical (unpaired) electrons. The highest BCUT2D eigenvalue weighted by Crippen LogP contribution is 2.32. The van der Waals surface area contributed by atoms with Gasteiger partial charge >= 0.3 is 0 Å². The average Bonchev–Trinajstić information content (AvgIpc) is 3.38. The Kier molecular flexibility index (Phi) is 8.98. The van der Waals surface area contributed by atoms with E-state index in [2.05, 4.69) is 57.5 Å². The van der Waals surface area contributed by atoms with Crippen molar-refractivity contribution < 1.29 is 17.9 Å². The minimum atomic E-state index is -3.35. The van der Waals surface area contributed by atoms with Gasteiger partial charge in [-0.05, 0) is 42.0 Å². The lowest BCUT2D eigenvalue weighted by molar-refractivity contribution is -0.0240. The molecule has 1 aliphatic heterocycles. The van der Waals surface area contributed by atoms with Gasteiger partial charge in [-0.3, -0.25) is 9.62 Å². The van der Waals surface area contributed by atoms with E-state index in [0.29, 0.717) is 18.0 Å². The Morgan fingerprint density at radius 3 is 2.49 bits per heavy atom. The summed E-state index contributed by atoms with van der Waals surface area (Å²) in [5.41, 5.74) is 1.65. The molecule has 4 rings (SSSR count). The van der Waals surface area contributed by atoms with Crippen LogP contribution in [0.1, 0.15) is 29.4 Å². The van der Waals surface area contributed by atoms with Crippen molar-refractivity contribution in [2.75, 3.05) is 37.2 Å². The lowest BCUT2D eigenvalue weighted by Crippen LogP contribution is -2.37. The molecule has 0 amide bonds. The van der Waals surface area contributed by atoms with Crippen LogP contribution >= 0.6 is 11.3 Å². The molecule has 186 valence electrons. The summed E-state index contributed by atoms with van der Waals surface area (Å²) in [5.74, 6) is 0.513. The zero-order chi connectivity index (χ0) is 24.5. The summed E-state index contributed by atoms with van der Waals surface area (Å²) in [5, 5.41) is 2.11. The maximum atomic E-state index is 11.5. The molecule has 1 aliphatic rings. The van der Waals surface area contributed by atoms with Gasteiger partial charge in [-0.1, -0.05) is 60.7 Å². The van der Waals surface area contributed by atoms with Crippen LogP contribution in [0.2, 0.25) is 0 Å². The van der Waals surface area contributed by atoms with Crippen LogP contribution in [-0.4, -0.2) is 51.9 Å². The summed E-state index contributed by atoms with van der Waals surface area (Å²) in [6, 6.07) is 21.7. The van der Waals surface area contributed by atoms with E-state index in [0.717, 1.165) is 38.7 Å². The molecule has 1 N–H and O–H groups in total. The van der Waals surface area contributed by atoms with Crippen molar-refractivity contribution in [1.29, 1.82) is 0 Å². The van der Waals surface area contributed by atoms with Crippen molar-refractivity contribution in [2.45, 2.75) is 25.0 Å². The largest absolute Gasteiger partial charge is 0.487 e. The number of para-hydroxylation sites is 2. The number of benzene rings is 2. The molecule has 1 fully saturated rings. The summed E-state index contributed by atoms with van der Waals surface area (Å²) in [4.78, 5) is 3.66. The Hall–Kier alpha value is -2.65. The van der Waals surface area contributed by atoms with Gasteiger partial charge < -0.3 is 9.47 Å². The number of likely N-dealkylation sites (tertiary alicyclic amines) is 1. The number of hydrogen-bond donors (Lipinski definition) is 1. The van der Waals surface area contributed by atoms with E-state index in [9.17, 15) is 8.42 Å². The molecule has 0 saturated carbocycles. The molecule has 0 aliphatic carbocycles. The summed E-state index contributed by atoms with van der Waals surface area (Å²) in [6.07, 6.45) is 7.44. The normalized spacial score (nSPS) is 16.4. The highest BCUT2D eigenvalue weighted by atomic mass is 32.2. The number of anilines is 1. The van der Waals surface area contributed by atoms with Gasteiger partial charge in [-0.15, -0.1) is 11.3 Å². The van der Waals surface area contributed by atoms with E-state index in [4.69, 9.17) is 9.47 Å². The van der Waals surface area contributed by atoms with Crippen LogP contribution in [0.4, 0.5) is 5.69 Å². The van der Waals surface area contributed by atoms with Crippen LogP contribution in [0.3, 0.4) is 0 Å². The highest BCUT2D eigenvalue weighted by Gasteiger charge is 2.24. The SMILES string of the molecule is CS(=O)(=O)Nc1ccccc1OCC=CCN1CCC(OC(c2ccccc2)c2cccs2)CC1. The molecule has 1 atom stereocenters. The second kappa shape index (κ2) is 12.4. The van der Waals surface area contributed by atoms with E-state index in [-0.39, 0.29) is 12.2 Å². The summed E-state index contributed by atoms with van der Waals surface area (Å²) < 4.78 is 37.9. The number of piperidine rings is 1. The van der Waals surface area contributed by atoms with E-state index >= 15 is 0 Å². The number of rotatable bonds is 11. The van der Waals surface area contributed by atoms with Crippen molar-refractivity contribution in [3.8, 4) is 5.75 Å². The first-order chi connectivity index (χ1) is 17.0. The van der Waals surface area contributed by atoms with Crippen LogP contribution in [0, 0.1) is 0 Å². The zero-order valence-electron chi connectivity index (χ0n) is 19.9. The Balaban J connectivity index is 1.22. The number of sulfonamides is 1. The fraction of sp³-hybridized carbons (Fsp3) is 0.333. The summed E-state index contributed by atoms with van der Waals surface area (Å²) in [6.45, 7) is 3.21. The van der Waals surface area contributed by atoms with Crippen molar-refractivity contribution in [2.24, 2.45) is 0 Å². The van der Waals surface area contributed by atoms with Gasteiger partial charge in [0.2, 0.25) is 10.0 Å². The van der Waals surface area contributed by atoms with Gasteiger partial charge in [-0.25, -0.2) is 8.42 Å². The van der Waals surface area contributed by atoms with E-state index < -0.39 is 10.0 Å². The summed E-state index contributed by atoms with van der Waals surface area (Å²) >= 11 is 1.74. The second-order valence-electron chi connectivity index (χ2n) is 8.59. The molecular weight excluding hydrogens is 480 g/mol. The number of hydrogen-bond acceptors (Lipinski definition) is 6. The third-order valence-corrected chi connectivity index (χ3v) is 7.32. The van der Waals surface area contributed by atoms with Gasteiger partial charge in [0.05, 0.1) is 18.0 Å². The molecule has 8 heteroatoms. The minimum Gasteiger partial charge on any atom is -0.487 e. The number of ether oxygens (including phenoxy) is 2. The first kappa shape index (κ1) is 25.4. The lowest BCUT2D eigenvalue weighted by Gasteiger charge is -2.33. The van der Waals surface area contributed by atoms with Crippen molar-refractivity contribution >= 4 is 27.0 Å². The number of thiophene rings is 1. The fourth-order valence-corrected chi connectivity index (χ4v) is 5.46. The number of nitrogens with one attached hydrogen (secondary N) is 1. The Morgan fingerprint density at radius 2 is 1.77 bits per heavy atom. The van der Waals surface area contributed by atoms with Crippen molar-refractivity contribution in [1.82, 2.24) is 4.90 Å². The van der Waals surface area contributed by atoms with Gasteiger partial charge in [0, 0.05) is 24.5 Å². The van der Waals surface area contributed by atoms with E-state index in [1.165, 1.54) is 10.4 Å². The van der Waals surface area contributed by atoms with Gasteiger partial charge in [0.1, 0.15) is 18.5 Å². The predicted octanol–water partition coefficient (Wildman–Crippen LogP) is 5.33. The predicted molar refractivity (Wildman–Crippen MR) is 143 cm³/mol. The Labute approximate surface area is 212 Å². The molecule has 0 spiro atoms. The smallest absolute Gasteiger partial charge is 0.229 e. The monoisotopic (exact) mass is 512 g/mol. The van der Waals surface area contributed by atoms with E-state index in [1.54, 1.807) is 29.5 Å². The topological polar surface area (TPSA) is 67.9 Å². The standard InChI is InChI=1S/C27H32N2O4S2/c1-35(30,31)28-24-12-5-6-13-25(24)32-20-8-7-17-29-18-15-23(16-19-29)33-27(26-14-9-21-34-26)22-10-3-2-4-11-22/h2-14,21,23,27-28H,15-20H2,1H3. The van der Waals surface area contributed by atoms with Crippen molar-refractivity contribution in [3.05, 3.63) is 94.7 Å². The summed E-state index contributed by atoms with van der Waals surface area (Å²) in [7, 11) is -3.35. The molecule has 1 unspecified atom stereocenters. The molecule has 2 aromatic carbocycles. The average molecular weight is 513 g/mol. The second-order valence-corrected chi connectivity index (χ2v) is 11.3. The number of nitrogens with zero attached hydrogens (tertiary/aromatic N) is 1. The Bertz CT molecular complexity index is 1170. The zero-order valence-corrected chi connectivity index (χ0v) is 21.5. The molecule has 2 heterocycles. The van der Waals surface area contributed by atoms with Gasteiger partial charge in [0.15, 0.2) is 0 Å². The molecular formula is C27H32N2O4S2. The molecule has 6 nitrogen and oxygen atoms in total. The maximum Gasteiger partial charge on any atom is 0.229 e. The fourth-order valence-electron chi connectivity index (χ4n) is 4.10. The van der Waals surface area contributed by atoms with Gasteiger partial charge in [-0.2, -0.15) is 0 Å². The van der Waals surface area contributed by atoms with Crippen LogP contribution in [-0.2, 0) is 14.8 Å². The Morgan fingerprint density at radius 1 is 1.03 bits per heavy atom.